The highest BCUT2D eigenvalue weighted by atomic mass is 32.1. The zero-order valence-corrected chi connectivity index (χ0v) is 15.6. The van der Waals surface area contributed by atoms with Crippen molar-refractivity contribution in [2.24, 2.45) is 0 Å². The van der Waals surface area contributed by atoms with Gasteiger partial charge in [0.1, 0.15) is 13.2 Å². The van der Waals surface area contributed by atoms with Gasteiger partial charge in [0.25, 0.3) is 0 Å². The van der Waals surface area contributed by atoms with Gasteiger partial charge in [0.2, 0.25) is 0 Å². The number of nitrogens with zero attached hydrogens (tertiary/aromatic N) is 2. The van der Waals surface area contributed by atoms with Crippen LogP contribution in [0.1, 0.15) is 18.5 Å². The van der Waals surface area contributed by atoms with Crippen LogP contribution in [-0.4, -0.2) is 55.2 Å². The monoisotopic (exact) mass is 373 g/mol. The summed E-state index contributed by atoms with van der Waals surface area (Å²) >= 11 is 1.73. The number of anilines is 1. The number of ether oxygens (including phenoxy) is 2. The number of benzene rings is 1. The molecule has 0 saturated carbocycles. The van der Waals surface area contributed by atoms with Crippen molar-refractivity contribution < 1.29 is 14.3 Å². The molecule has 1 unspecified atom stereocenters. The van der Waals surface area contributed by atoms with Gasteiger partial charge in [-0.25, -0.2) is 4.79 Å². The number of rotatable bonds is 3. The first-order chi connectivity index (χ1) is 12.7. The lowest BCUT2D eigenvalue weighted by Gasteiger charge is -2.38. The molecule has 0 bridgehead atoms. The number of piperazine rings is 1. The van der Waals surface area contributed by atoms with Crippen molar-refractivity contribution in [3.05, 3.63) is 40.6 Å². The summed E-state index contributed by atoms with van der Waals surface area (Å²) in [7, 11) is 0. The van der Waals surface area contributed by atoms with Gasteiger partial charge in [0, 0.05) is 32.2 Å². The van der Waals surface area contributed by atoms with E-state index >= 15 is 0 Å². The Morgan fingerprint density at radius 1 is 1.15 bits per heavy atom. The van der Waals surface area contributed by atoms with Crippen LogP contribution in [0.15, 0.2) is 35.0 Å². The summed E-state index contributed by atoms with van der Waals surface area (Å²) in [4.78, 5) is 16.9. The van der Waals surface area contributed by atoms with Crippen LogP contribution < -0.4 is 14.8 Å². The molecular weight excluding hydrogens is 350 g/mol. The second-order valence-electron chi connectivity index (χ2n) is 6.52. The molecular formula is C19H23N3O3S. The van der Waals surface area contributed by atoms with Crippen molar-refractivity contribution in [3.63, 3.8) is 0 Å². The Hall–Kier alpha value is -2.25. The van der Waals surface area contributed by atoms with Crippen LogP contribution in [0.2, 0.25) is 0 Å². The van der Waals surface area contributed by atoms with Crippen molar-refractivity contribution >= 4 is 23.1 Å². The number of nitrogens with one attached hydrogen (secondary N) is 1. The van der Waals surface area contributed by atoms with Crippen LogP contribution in [0.3, 0.4) is 0 Å². The highest BCUT2D eigenvalue weighted by molar-refractivity contribution is 7.07. The lowest BCUT2D eigenvalue weighted by Crippen LogP contribution is -2.50. The largest absolute Gasteiger partial charge is 0.486 e. The van der Waals surface area contributed by atoms with Gasteiger partial charge in [-0.15, -0.1) is 0 Å². The van der Waals surface area contributed by atoms with Crippen LogP contribution in [-0.2, 0) is 0 Å². The maximum absolute atomic E-state index is 12.7. The smallest absolute Gasteiger partial charge is 0.322 e. The number of fused-ring (bicyclic) bond motifs is 1. The van der Waals surface area contributed by atoms with E-state index in [-0.39, 0.29) is 6.03 Å². The fourth-order valence-corrected chi connectivity index (χ4v) is 4.15. The Morgan fingerprint density at radius 2 is 1.96 bits per heavy atom. The zero-order chi connectivity index (χ0) is 17.9. The maximum Gasteiger partial charge on any atom is 0.322 e. The first-order valence-corrected chi connectivity index (χ1v) is 9.87. The molecule has 2 aliphatic rings. The van der Waals surface area contributed by atoms with Gasteiger partial charge < -0.3 is 19.7 Å². The number of para-hydroxylation sites is 1. The first-order valence-electron chi connectivity index (χ1n) is 8.93. The average Bonchev–Trinajstić information content (AvgIpc) is 3.23. The van der Waals surface area contributed by atoms with Crippen molar-refractivity contribution in [2.45, 2.75) is 13.0 Å². The molecule has 1 fully saturated rings. The van der Waals surface area contributed by atoms with Gasteiger partial charge >= 0.3 is 6.03 Å². The molecule has 2 aromatic rings. The number of hydrogen-bond donors (Lipinski definition) is 1. The quantitative estimate of drug-likeness (QED) is 0.896. The minimum absolute atomic E-state index is 0.0876. The molecule has 2 aliphatic heterocycles. The molecule has 3 heterocycles. The van der Waals surface area contributed by atoms with Crippen LogP contribution in [0.5, 0.6) is 11.5 Å². The SMILES string of the molecule is CC(c1ccsc1)N1CCN(C(=O)Nc2cccc3c2OCCO3)CC1. The molecule has 4 rings (SSSR count). The number of amides is 2. The molecule has 1 N–H and O–H groups in total. The Morgan fingerprint density at radius 3 is 2.73 bits per heavy atom. The lowest BCUT2D eigenvalue weighted by atomic mass is 10.1. The second-order valence-corrected chi connectivity index (χ2v) is 7.30. The van der Waals surface area contributed by atoms with E-state index < -0.39 is 0 Å². The maximum atomic E-state index is 12.7. The molecule has 138 valence electrons. The molecule has 6 nitrogen and oxygen atoms in total. The van der Waals surface area contributed by atoms with Crippen LogP contribution >= 0.6 is 11.3 Å². The third-order valence-electron chi connectivity index (χ3n) is 4.98. The summed E-state index contributed by atoms with van der Waals surface area (Å²) < 4.78 is 11.2. The summed E-state index contributed by atoms with van der Waals surface area (Å²) in [5.74, 6) is 1.31. The minimum atomic E-state index is -0.0876. The second kappa shape index (κ2) is 7.55. The summed E-state index contributed by atoms with van der Waals surface area (Å²) in [5.41, 5.74) is 2.02. The molecule has 0 radical (unpaired) electrons. The fourth-order valence-electron chi connectivity index (χ4n) is 3.40. The van der Waals surface area contributed by atoms with E-state index in [0.29, 0.717) is 49.5 Å². The predicted octanol–water partition coefficient (Wildman–Crippen LogP) is 3.43. The first kappa shape index (κ1) is 17.2. The minimum Gasteiger partial charge on any atom is -0.486 e. The summed E-state index contributed by atoms with van der Waals surface area (Å²) in [6.07, 6.45) is 0. The van der Waals surface area contributed by atoms with E-state index in [4.69, 9.17) is 9.47 Å². The van der Waals surface area contributed by atoms with E-state index in [1.165, 1.54) is 5.56 Å². The summed E-state index contributed by atoms with van der Waals surface area (Å²) in [5, 5.41) is 7.29. The van der Waals surface area contributed by atoms with Gasteiger partial charge in [0.05, 0.1) is 5.69 Å². The Bertz CT molecular complexity index is 757. The van der Waals surface area contributed by atoms with E-state index in [0.717, 1.165) is 13.1 Å². The van der Waals surface area contributed by atoms with E-state index in [1.807, 2.05) is 23.1 Å². The number of carbonyl (C=O) groups is 1. The third kappa shape index (κ3) is 3.50. The Balaban J connectivity index is 1.36. The average molecular weight is 373 g/mol. The molecule has 0 spiro atoms. The van der Waals surface area contributed by atoms with Gasteiger partial charge in [-0.05, 0) is 41.4 Å². The molecule has 1 saturated heterocycles. The molecule has 26 heavy (non-hydrogen) atoms. The van der Waals surface area contributed by atoms with Gasteiger partial charge in [0.15, 0.2) is 11.5 Å². The van der Waals surface area contributed by atoms with E-state index in [9.17, 15) is 4.79 Å². The Kier molecular flexibility index (Phi) is 4.99. The van der Waals surface area contributed by atoms with E-state index in [2.05, 4.69) is 34.0 Å². The van der Waals surface area contributed by atoms with E-state index in [1.54, 1.807) is 11.3 Å². The normalized spacial score (nSPS) is 18.4. The van der Waals surface area contributed by atoms with Crippen LogP contribution in [0.4, 0.5) is 10.5 Å². The van der Waals surface area contributed by atoms with Crippen molar-refractivity contribution in [1.82, 2.24) is 9.80 Å². The molecule has 2 amide bonds. The number of carbonyl (C=O) groups excluding carboxylic acids is 1. The van der Waals surface area contributed by atoms with Crippen molar-refractivity contribution in [3.8, 4) is 11.5 Å². The number of hydrogen-bond acceptors (Lipinski definition) is 5. The number of urea groups is 1. The Labute approximate surface area is 157 Å². The fraction of sp³-hybridized carbons (Fsp3) is 0.421. The molecule has 1 aromatic carbocycles. The standard InChI is InChI=1S/C19H23N3O3S/c1-14(15-5-12-26-13-15)21-6-8-22(9-7-21)19(23)20-16-3-2-4-17-18(16)25-11-10-24-17/h2-5,12-14H,6-11H2,1H3,(H,20,23). The van der Waals surface area contributed by atoms with Crippen molar-refractivity contribution in [2.75, 3.05) is 44.7 Å². The third-order valence-corrected chi connectivity index (χ3v) is 5.68. The highest BCUT2D eigenvalue weighted by Gasteiger charge is 2.26. The number of thiophene rings is 1. The topological polar surface area (TPSA) is 54.0 Å². The summed E-state index contributed by atoms with van der Waals surface area (Å²) in [6.45, 7) is 6.44. The van der Waals surface area contributed by atoms with Gasteiger partial charge in [-0.2, -0.15) is 11.3 Å². The predicted molar refractivity (Wildman–Crippen MR) is 102 cm³/mol. The molecule has 1 atom stereocenters. The van der Waals surface area contributed by atoms with Crippen molar-refractivity contribution in [1.29, 1.82) is 0 Å². The van der Waals surface area contributed by atoms with Crippen LogP contribution in [0, 0.1) is 0 Å². The summed E-state index contributed by atoms with van der Waals surface area (Å²) in [6, 6.07) is 8.04. The van der Waals surface area contributed by atoms with Crippen LogP contribution in [0.25, 0.3) is 0 Å². The molecule has 1 aromatic heterocycles. The van der Waals surface area contributed by atoms with Gasteiger partial charge in [-0.3, -0.25) is 4.90 Å². The zero-order valence-electron chi connectivity index (χ0n) is 14.8. The lowest BCUT2D eigenvalue weighted by molar-refractivity contribution is 0.119. The molecule has 7 heteroatoms. The molecule has 0 aliphatic carbocycles. The highest BCUT2D eigenvalue weighted by Crippen LogP contribution is 2.37. The van der Waals surface area contributed by atoms with Gasteiger partial charge in [-0.1, -0.05) is 6.07 Å².